The van der Waals surface area contributed by atoms with Gasteiger partial charge in [0.25, 0.3) is 0 Å². The van der Waals surface area contributed by atoms with Gasteiger partial charge in [-0.2, -0.15) is 0 Å². The SMILES string of the molecule is F[C@@H](COCc1ccccc1)Cc1c[nH]c2ccc(-n3cnnc3)cc12. The Morgan fingerprint density at radius 2 is 1.88 bits per heavy atom. The van der Waals surface area contributed by atoms with Crippen LogP contribution in [0.2, 0.25) is 0 Å². The van der Waals surface area contributed by atoms with Crippen molar-refractivity contribution in [3.05, 3.63) is 78.5 Å². The second kappa shape index (κ2) is 7.49. The van der Waals surface area contributed by atoms with Crippen molar-refractivity contribution >= 4 is 10.9 Å². The van der Waals surface area contributed by atoms with Gasteiger partial charge in [-0.15, -0.1) is 10.2 Å². The first-order chi connectivity index (χ1) is 12.8. The Morgan fingerprint density at radius 3 is 2.69 bits per heavy atom. The first kappa shape index (κ1) is 16.5. The fourth-order valence-corrected chi connectivity index (χ4v) is 3.01. The van der Waals surface area contributed by atoms with E-state index in [1.165, 1.54) is 0 Å². The number of aromatic nitrogens is 4. The fraction of sp³-hybridized carbons (Fsp3) is 0.200. The minimum atomic E-state index is -1.06. The van der Waals surface area contributed by atoms with Crippen molar-refractivity contribution in [1.82, 2.24) is 19.7 Å². The number of aromatic amines is 1. The van der Waals surface area contributed by atoms with Crippen LogP contribution in [0.25, 0.3) is 16.6 Å². The van der Waals surface area contributed by atoms with Crippen molar-refractivity contribution in [2.75, 3.05) is 6.61 Å². The summed E-state index contributed by atoms with van der Waals surface area (Å²) >= 11 is 0. The van der Waals surface area contributed by atoms with E-state index in [1.54, 1.807) is 12.7 Å². The summed E-state index contributed by atoms with van der Waals surface area (Å²) in [6, 6.07) is 15.8. The highest BCUT2D eigenvalue weighted by Crippen LogP contribution is 2.23. The van der Waals surface area contributed by atoms with E-state index in [0.717, 1.165) is 27.7 Å². The van der Waals surface area contributed by atoms with E-state index < -0.39 is 6.17 Å². The van der Waals surface area contributed by atoms with E-state index in [9.17, 15) is 4.39 Å². The van der Waals surface area contributed by atoms with Gasteiger partial charge in [-0.05, 0) is 29.3 Å². The maximum atomic E-state index is 14.4. The maximum Gasteiger partial charge on any atom is 0.127 e. The van der Waals surface area contributed by atoms with Gasteiger partial charge in [-0.1, -0.05) is 30.3 Å². The zero-order valence-electron chi connectivity index (χ0n) is 14.2. The van der Waals surface area contributed by atoms with Gasteiger partial charge < -0.3 is 9.72 Å². The number of hydrogen-bond donors (Lipinski definition) is 1. The lowest BCUT2D eigenvalue weighted by molar-refractivity contribution is 0.0699. The molecule has 4 aromatic rings. The Hall–Kier alpha value is -2.99. The largest absolute Gasteiger partial charge is 0.374 e. The number of alkyl halides is 1. The van der Waals surface area contributed by atoms with Gasteiger partial charge in [0.2, 0.25) is 0 Å². The van der Waals surface area contributed by atoms with Crippen LogP contribution in [0.5, 0.6) is 0 Å². The van der Waals surface area contributed by atoms with E-state index in [0.29, 0.717) is 13.0 Å². The number of H-pyrrole nitrogens is 1. The summed E-state index contributed by atoms with van der Waals surface area (Å²) in [6.07, 6.45) is 4.40. The van der Waals surface area contributed by atoms with Gasteiger partial charge in [-0.3, -0.25) is 4.57 Å². The fourth-order valence-electron chi connectivity index (χ4n) is 3.01. The highest BCUT2D eigenvalue weighted by Gasteiger charge is 2.13. The molecule has 2 heterocycles. The predicted octanol–water partition coefficient (Wildman–Crippen LogP) is 3.85. The smallest absolute Gasteiger partial charge is 0.127 e. The molecule has 0 aliphatic carbocycles. The summed E-state index contributed by atoms with van der Waals surface area (Å²) in [5, 5.41) is 8.65. The number of nitrogens with one attached hydrogen (secondary N) is 1. The molecule has 0 unspecified atom stereocenters. The standard InChI is InChI=1S/C20H19FN4O/c21-17(12-26-11-15-4-2-1-3-5-15)8-16-10-22-20-7-6-18(9-19(16)20)25-13-23-24-14-25/h1-7,9-10,13-14,17,22H,8,11-12H2/t17-/m1/s1. The average molecular weight is 350 g/mol. The van der Waals surface area contributed by atoms with Crippen molar-refractivity contribution in [2.45, 2.75) is 19.2 Å². The van der Waals surface area contributed by atoms with E-state index in [4.69, 9.17) is 4.74 Å². The summed E-state index contributed by atoms with van der Waals surface area (Å²) in [4.78, 5) is 3.20. The van der Waals surface area contributed by atoms with Crippen LogP contribution in [0.1, 0.15) is 11.1 Å². The molecule has 26 heavy (non-hydrogen) atoms. The van der Waals surface area contributed by atoms with Crippen molar-refractivity contribution < 1.29 is 9.13 Å². The van der Waals surface area contributed by atoms with Crippen LogP contribution >= 0.6 is 0 Å². The van der Waals surface area contributed by atoms with Crippen molar-refractivity contribution in [1.29, 1.82) is 0 Å². The van der Waals surface area contributed by atoms with Gasteiger partial charge in [0.05, 0.1) is 13.2 Å². The predicted molar refractivity (Wildman–Crippen MR) is 97.9 cm³/mol. The molecule has 0 spiro atoms. The molecule has 0 bridgehead atoms. The van der Waals surface area contributed by atoms with Crippen molar-refractivity contribution in [3.8, 4) is 5.69 Å². The highest BCUT2D eigenvalue weighted by atomic mass is 19.1. The summed E-state index contributed by atoms with van der Waals surface area (Å²) in [7, 11) is 0. The quantitative estimate of drug-likeness (QED) is 0.551. The molecule has 0 saturated heterocycles. The number of fused-ring (bicyclic) bond motifs is 1. The third-order valence-corrected chi connectivity index (χ3v) is 4.32. The Labute approximate surface area is 150 Å². The molecule has 0 fully saturated rings. The lowest BCUT2D eigenvalue weighted by Gasteiger charge is -2.09. The minimum absolute atomic E-state index is 0.0761. The Bertz CT molecular complexity index is 966. The van der Waals surface area contributed by atoms with Gasteiger partial charge in [0.15, 0.2) is 0 Å². The molecule has 0 aliphatic rings. The molecule has 4 rings (SSSR count). The number of nitrogens with zero attached hydrogens (tertiary/aromatic N) is 3. The first-order valence-corrected chi connectivity index (χ1v) is 8.50. The van der Waals surface area contributed by atoms with Crippen molar-refractivity contribution in [2.24, 2.45) is 0 Å². The van der Waals surface area contributed by atoms with Gasteiger partial charge in [-0.25, -0.2) is 4.39 Å². The molecule has 5 nitrogen and oxygen atoms in total. The van der Waals surface area contributed by atoms with Gasteiger partial charge >= 0.3 is 0 Å². The summed E-state index contributed by atoms with van der Waals surface area (Å²) in [5.74, 6) is 0. The Kier molecular flexibility index (Phi) is 4.75. The average Bonchev–Trinajstić information content (AvgIpc) is 3.33. The monoisotopic (exact) mass is 350 g/mol. The second-order valence-electron chi connectivity index (χ2n) is 6.22. The molecule has 2 aromatic carbocycles. The van der Waals surface area contributed by atoms with Crippen LogP contribution in [0, 0.1) is 0 Å². The number of rotatable bonds is 7. The zero-order valence-corrected chi connectivity index (χ0v) is 14.2. The van der Waals surface area contributed by atoms with Crippen LogP contribution < -0.4 is 0 Å². The first-order valence-electron chi connectivity index (χ1n) is 8.50. The number of benzene rings is 2. The molecule has 1 N–H and O–H groups in total. The molecular formula is C20H19FN4O. The number of hydrogen-bond acceptors (Lipinski definition) is 3. The van der Waals surface area contributed by atoms with E-state index in [1.807, 2.05) is 59.3 Å². The molecule has 132 valence electrons. The third kappa shape index (κ3) is 3.65. The van der Waals surface area contributed by atoms with Crippen LogP contribution in [0.4, 0.5) is 4.39 Å². The third-order valence-electron chi connectivity index (χ3n) is 4.32. The highest BCUT2D eigenvalue weighted by molar-refractivity contribution is 5.85. The van der Waals surface area contributed by atoms with Crippen LogP contribution in [0.3, 0.4) is 0 Å². The minimum Gasteiger partial charge on any atom is -0.374 e. The molecule has 1 atom stereocenters. The maximum absolute atomic E-state index is 14.4. The van der Waals surface area contributed by atoms with Crippen LogP contribution in [-0.2, 0) is 17.8 Å². The Balaban J connectivity index is 1.42. The molecule has 2 aromatic heterocycles. The molecule has 0 radical (unpaired) electrons. The molecule has 6 heteroatoms. The van der Waals surface area contributed by atoms with Gasteiger partial charge in [0.1, 0.15) is 18.8 Å². The summed E-state index contributed by atoms with van der Waals surface area (Å²) in [6.45, 7) is 0.500. The number of ether oxygens (including phenoxy) is 1. The number of halogens is 1. The lowest BCUT2D eigenvalue weighted by atomic mass is 10.1. The lowest BCUT2D eigenvalue weighted by Crippen LogP contribution is -2.13. The topological polar surface area (TPSA) is 55.7 Å². The molecule has 0 amide bonds. The van der Waals surface area contributed by atoms with E-state index in [-0.39, 0.29) is 6.61 Å². The normalized spacial score (nSPS) is 12.5. The second-order valence-corrected chi connectivity index (χ2v) is 6.22. The van der Waals surface area contributed by atoms with E-state index >= 15 is 0 Å². The Morgan fingerprint density at radius 1 is 1.08 bits per heavy atom. The molecular weight excluding hydrogens is 331 g/mol. The summed E-state index contributed by atoms with van der Waals surface area (Å²) < 4.78 is 21.8. The van der Waals surface area contributed by atoms with Crippen molar-refractivity contribution in [3.63, 3.8) is 0 Å². The summed E-state index contributed by atoms with van der Waals surface area (Å²) in [5.41, 5.74) is 3.91. The zero-order chi connectivity index (χ0) is 17.8. The van der Waals surface area contributed by atoms with Crippen LogP contribution in [-0.4, -0.2) is 32.5 Å². The van der Waals surface area contributed by atoms with Gasteiger partial charge in [0, 0.05) is 29.2 Å². The van der Waals surface area contributed by atoms with Crippen LogP contribution in [0.15, 0.2) is 67.4 Å². The molecule has 0 aliphatic heterocycles. The molecule has 0 saturated carbocycles. The van der Waals surface area contributed by atoms with E-state index in [2.05, 4.69) is 15.2 Å².